The van der Waals surface area contributed by atoms with E-state index in [2.05, 4.69) is 5.32 Å². The van der Waals surface area contributed by atoms with Crippen LogP contribution >= 0.6 is 11.8 Å². The largest absolute Gasteiger partial charge is 0.348 e. The number of nitro groups is 1. The Morgan fingerprint density at radius 1 is 1.00 bits per heavy atom. The van der Waals surface area contributed by atoms with Crippen LogP contribution in [-0.2, 0) is 6.54 Å². The Morgan fingerprint density at radius 3 is 2.39 bits per heavy atom. The minimum Gasteiger partial charge on any atom is -0.348 e. The first-order valence-electron chi connectivity index (χ1n) is 8.17. The van der Waals surface area contributed by atoms with Crippen LogP contribution in [0.15, 0.2) is 76.5 Å². The second-order valence-corrected chi connectivity index (χ2v) is 6.86. The van der Waals surface area contributed by atoms with Crippen molar-refractivity contribution >= 4 is 23.4 Å². The van der Waals surface area contributed by atoms with Crippen molar-refractivity contribution in [1.82, 2.24) is 5.32 Å². The molecule has 0 aliphatic carbocycles. The van der Waals surface area contributed by atoms with Gasteiger partial charge in [-0.25, -0.2) is 8.78 Å². The summed E-state index contributed by atoms with van der Waals surface area (Å²) in [6, 6.07) is 15.5. The van der Waals surface area contributed by atoms with E-state index in [9.17, 15) is 23.7 Å². The number of rotatable bonds is 6. The maximum absolute atomic E-state index is 14.0. The predicted octanol–water partition coefficient (Wildman–Crippen LogP) is 4.95. The van der Waals surface area contributed by atoms with Gasteiger partial charge in [0.2, 0.25) is 0 Å². The van der Waals surface area contributed by atoms with Crippen molar-refractivity contribution in [2.75, 3.05) is 0 Å². The van der Waals surface area contributed by atoms with E-state index in [1.54, 1.807) is 18.2 Å². The third kappa shape index (κ3) is 4.72. The average Bonchev–Trinajstić information content (AvgIpc) is 2.69. The third-order valence-electron chi connectivity index (χ3n) is 3.84. The van der Waals surface area contributed by atoms with E-state index in [0.29, 0.717) is 15.4 Å². The second-order valence-electron chi connectivity index (χ2n) is 5.78. The zero-order valence-electron chi connectivity index (χ0n) is 14.4. The molecule has 3 rings (SSSR count). The van der Waals surface area contributed by atoms with Gasteiger partial charge in [0.25, 0.3) is 11.6 Å². The monoisotopic (exact) mass is 400 g/mol. The fourth-order valence-electron chi connectivity index (χ4n) is 2.42. The average molecular weight is 400 g/mol. The molecular formula is C20H14F2N2O3S. The molecule has 0 atom stereocenters. The number of amides is 1. The first kappa shape index (κ1) is 19.5. The number of benzene rings is 3. The SMILES string of the molecule is O=C(NCc1ccc(F)cc1)c1cc([N+](=O)[O-])ccc1Sc1ccccc1F. The van der Waals surface area contributed by atoms with Gasteiger partial charge in [0.1, 0.15) is 11.6 Å². The molecule has 0 aromatic heterocycles. The highest BCUT2D eigenvalue weighted by Gasteiger charge is 2.18. The quantitative estimate of drug-likeness (QED) is 0.469. The minimum atomic E-state index is -0.603. The Balaban J connectivity index is 1.86. The molecule has 0 saturated heterocycles. The lowest BCUT2D eigenvalue weighted by Gasteiger charge is -2.11. The third-order valence-corrected chi connectivity index (χ3v) is 4.97. The van der Waals surface area contributed by atoms with Crippen molar-refractivity contribution in [3.8, 4) is 0 Å². The van der Waals surface area contributed by atoms with Gasteiger partial charge in [0.15, 0.2) is 0 Å². The summed E-state index contributed by atoms with van der Waals surface area (Å²) in [7, 11) is 0. The normalized spacial score (nSPS) is 10.5. The highest BCUT2D eigenvalue weighted by Crippen LogP contribution is 2.34. The van der Waals surface area contributed by atoms with E-state index in [1.807, 2.05) is 0 Å². The molecule has 142 valence electrons. The van der Waals surface area contributed by atoms with Crippen LogP contribution in [0.2, 0.25) is 0 Å². The lowest BCUT2D eigenvalue weighted by atomic mass is 10.1. The fourth-order valence-corrected chi connectivity index (χ4v) is 3.37. The molecule has 0 saturated carbocycles. The molecule has 0 fully saturated rings. The summed E-state index contributed by atoms with van der Waals surface area (Å²) in [5, 5.41) is 13.7. The minimum absolute atomic E-state index is 0.0598. The number of nitrogens with one attached hydrogen (secondary N) is 1. The summed E-state index contributed by atoms with van der Waals surface area (Å²) in [5.41, 5.74) is 0.484. The van der Waals surface area contributed by atoms with E-state index >= 15 is 0 Å². The lowest BCUT2D eigenvalue weighted by molar-refractivity contribution is -0.384. The lowest BCUT2D eigenvalue weighted by Crippen LogP contribution is -2.23. The van der Waals surface area contributed by atoms with E-state index in [1.165, 1.54) is 42.5 Å². The van der Waals surface area contributed by atoms with E-state index in [-0.39, 0.29) is 17.8 Å². The van der Waals surface area contributed by atoms with Crippen LogP contribution < -0.4 is 5.32 Å². The molecule has 0 aliphatic heterocycles. The van der Waals surface area contributed by atoms with Gasteiger partial charge in [0.05, 0.1) is 10.5 Å². The summed E-state index contributed by atoms with van der Waals surface area (Å²) in [5.74, 6) is -1.40. The molecule has 3 aromatic carbocycles. The van der Waals surface area contributed by atoms with Gasteiger partial charge < -0.3 is 5.32 Å². The molecule has 0 bridgehead atoms. The molecule has 5 nitrogen and oxygen atoms in total. The zero-order valence-corrected chi connectivity index (χ0v) is 15.2. The van der Waals surface area contributed by atoms with Gasteiger partial charge in [0, 0.05) is 28.5 Å². The Morgan fingerprint density at radius 2 is 1.71 bits per heavy atom. The van der Waals surface area contributed by atoms with Crippen LogP contribution in [0.1, 0.15) is 15.9 Å². The van der Waals surface area contributed by atoms with Gasteiger partial charge >= 0.3 is 0 Å². The smallest absolute Gasteiger partial charge is 0.270 e. The predicted molar refractivity (Wildman–Crippen MR) is 101 cm³/mol. The maximum atomic E-state index is 14.0. The van der Waals surface area contributed by atoms with E-state index in [0.717, 1.165) is 17.8 Å². The molecule has 0 heterocycles. The molecular weight excluding hydrogens is 386 g/mol. The number of nitro benzene ring substituents is 1. The van der Waals surface area contributed by atoms with Crippen LogP contribution in [0.25, 0.3) is 0 Å². The van der Waals surface area contributed by atoms with Crippen molar-refractivity contribution < 1.29 is 18.5 Å². The number of nitrogens with zero attached hydrogens (tertiary/aromatic N) is 1. The Labute approximate surface area is 163 Å². The molecule has 0 spiro atoms. The Kier molecular flexibility index (Phi) is 6.00. The Hall–Kier alpha value is -3.26. The van der Waals surface area contributed by atoms with Crippen LogP contribution in [0.4, 0.5) is 14.5 Å². The van der Waals surface area contributed by atoms with Crippen molar-refractivity contribution in [1.29, 1.82) is 0 Å². The van der Waals surface area contributed by atoms with Crippen molar-refractivity contribution in [2.24, 2.45) is 0 Å². The molecule has 8 heteroatoms. The summed E-state index contributed by atoms with van der Waals surface area (Å²) in [6.45, 7) is 0.117. The van der Waals surface area contributed by atoms with Crippen LogP contribution in [0, 0.1) is 21.7 Å². The first-order valence-corrected chi connectivity index (χ1v) is 8.99. The number of hydrogen-bond acceptors (Lipinski definition) is 4. The summed E-state index contributed by atoms with van der Waals surface area (Å²) >= 11 is 1.01. The van der Waals surface area contributed by atoms with Gasteiger partial charge in [-0.05, 0) is 35.9 Å². The summed E-state index contributed by atoms with van der Waals surface area (Å²) < 4.78 is 26.9. The van der Waals surface area contributed by atoms with Crippen LogP contribution in [0.5, 0.6) is 0 Å². The number of carbonyl (C=O) groups excluding carboxylic acids is 1. The highest BCUT2D eigenvalue weighted by atomic mass is 32.2. The molecule has 0 radical (unpaired) electrons. The highest BCUT2D eigenvalue weighted by molar-refractivity contribution is 7.99. The summed E-state index contributed by atoms with van der Waals surface area (Å²) in [6.07, 6.45) is 0. The van der Waals surface area contributed by atoms with Crippen LogP contribution in [0.3, 0.4) is 0 Å². The number of carbonyl (C=O) groups is 1. The van der Waals surface area contributed by atoms with Crippen LogP contribution in [-0.4, -0.2) is 10.8 Å². The van der Waals surface area contributed by atoms with Crippen molar-refractivity contribution in [3.05, 3.63) is 99.6 Å². The summed E-state index contributed by atoms with van der Waals surface area (Å²) in [4.78, 5) is 23.8. The van der Waals surface area contributed by atoms with Gasteiger partial charge in [-0.1, -0.05) is 36.0 Å². The zero-order chi connectivity index (χ0) is 20.1. The van der Waals surface area contributed by atoms with Gasteiger partial charge in [-0.2, -0.15) is 0 Å². The standard InChI is InChI=1S/C20H14F2N2O3S/c21-14-7-5-13(6-8-14)12-23-20(25)16-11-15(24(26)27)9-10-18(16)28-19-4-2-1-3-17(19)22/h1-11H,12H2,(H,23,25). The van der Waals surface area contributed by atoms with Crippen molar-refractivity contribution in [2.45, 2.75) is 16.3 Å². The number of non-ortho nitro benzene ring substituents is 1. The Bertz CT molecular complexity index is 1030. The van der Waals surface area contributed by atoms with Crippen molar-refractivity contribution in [3.63, 3.8) is 0 Å². The molecule has 1 N–H and O–H groups in total. The molecule has 0 aliphatic rings. The topological polar surface area (TPSA) is 72.2 Å². The van der Waals surface area contributed by atoms with Gasteiger partial charge in [-0.3, -0.25) is 14.9 Å². The fraction of sp³-hybridized carbons (Fsp3) is 0.0500. The molecule has 28 heavy (non-hydrogen) atoms. The second kappa shape index (κ2) is 8.62. The maximum Gasteiger partial charge on any atom is 0.270 e. The molecule has 0 unspecified atom stereocenters. The molecule has 1 amide bonds. The number of hydrogen-bond donors (Lipinski definition) is 1. The van der Waals surface area contributed by atoms with Gasteiger partial charge in [-0.15, -0.1) is 0 Å². The number of halogens is 2. The van der Waals surface area contributed by atoms with E-state index in [4.69, 9.17) is 0 Å². The van der Waals surface area contributed by atoms with E-state index < -0.39 is 22.5 Å². The molecule has 3 aromatic rings. The first-order chi connectivity index (χ1) is 13.4.